The zero-order chi connectivity index (χ0) is 27.0. The lowest BCUT2D eigenvalue weighted by Gasteiger charge is -2.35. The molecular formula is C30H41N3O4. The molecule has 3 rings (SSSR count). The van der Waals surface area contributed by atoms with Gasteiger partial charge in [0.2, 0.25) is 11.8 Å². The average molecular weight is 508 g/mol. The van der Waals surface area contributed by atoms with Gasteiger partial charge in [0.1, 0.15) is 17.7 Å². The third-order valence-corrected chi connectivity index (χ3v) is 6.42. The van der Waals surface area contributed by atoms with E-state index in [4.69, 9.17) is 4.74 Å². The van der Waals surface area contributed by atoms with Crippen molar-refractivity contribution < 1.29 is 19.1 Å². The monoisotopic (exact) mass is 507 g/mol. The summed E-state index contributed by atoms with van der Waals surface area (Å²) in [7, 11) is 0. The smallest absolute Gasteiger partial charge is 0.408 e. The predicted octanol–water partition coefficient (Wildman–Crippen LogP) is 5.02. The Balaban J connectivity index is 1.97. The van der Waals surface area contributed by atoms with Gasteiger partial charge in [0, 0.05) is 19.0 Å². The summed E-state index contributed by atoms with van der Waals surface area (Å²) >= 11 is 0. The minimum Gasteiger partial charge on any atom is -0.444 e. The van der Waals surface area contributed by atoms with E-state index in [-0.39, 0.29) is 30.2 Å². The summed E-state index contributed by atoms with van der Waals surface area (Å²) in [6.07, 6.45) is 2.25. The maximum Gasteiger partial charge on any atom is 0.408 e. The highest BCUT2D eigenvalue weighted by atomic mass is 16.6. The fraction of sp³-hybridized carbons (Fsp3) is 0.500. The first-order valence-electron chi connectivity index (χ1n) is 13.3. The normalized spacial score (nSPS) is 18.3. The Morgan fingerprint density at radius 2 is 1.62 bits per heavy atom. The van der Waals surface area contributed by atoms with Crippen LogP contribution in [0.2, 0.25) is 0 Å². The highest BCUT2D eigenvalue weighted by Gasteiger charge is 2.48. The molecule has 0 heterocycles. The van der Waals surface area contributed by atoms with Crippen LogP contribution in [-0.2, 0) is 20.7 Å². The number of amides is 3. The zero-order valence-corrected chi connectivity index (χ0v) is 22.7. The molecule has 2 aromatic rings. The van der Waals surface area contributed by atoms with Crippen LogP contribution in [0.15, 0.2) is 60.7 Å². The summed E-state index contributed by atoms with van der Waals surface area (Å²) in [5, 5.41) is 5.84. The molecular weight excluding hydrogens is 466 g/mol. The van der Waals surface area contributed by atoms with Crippen LogP contribution in [0.3, 0.4) is 0 Å². The van der Waals surface area contributed by atoms with Crippen molar-refractivity contribution >= 4 is 17.9 Å². The van der Waals surface area contributed by atoms with Crippen molar-refractivity contribution in [2.24, 2.45) is 5.92 Å². The van der Waals surface area contributed by atoms with Gasteiger partial charge in [-0.05, 0) is 50.7 Å². The van der Waals surface area contributed by atoms with Gasteiger partial charge in [0.15, 0.2) is 0 Å². The molecule has 0 saturated heterocycles. The number of nitrogens with one attached hydrogen (secondary N) is 2. The number of hydrogen-bond donors (Lipinski definition) is 2. The van der Waals surface area contributed by atoms with Gasteiger partial charge in [-0.3, -0.25) is 9.59 Å². The molecule has 7 heteroatoms. The Morgan fingerprint density at radius 3 is 2.16 bits per heavy atom. The highest BCUT2D eigenvalue weighted by molar-refractivity contribution is 5.92. The third-order valence-electron chi connectivity index (χ3n) is 6.42. The zero-order valence-electron chi connectivity index (χ0n) is 22.7. The van der Waals surface area contributed by atoms with Gasteiger partial charge >= 0.3 is 6.09 Å². The van der Waals surface area contributed by atoms with Crippen molar-refractivity contribution in [1.29, 1.82) is 0 Å². The first-order valence-corrected chi connectivity index (χ1v) is 13.3. The molecule has 0 aromatic heterocycles. The Kier molecular flexibility index (Phi) is 9.73. The fourth-order valence-electron chi connectivity index (χ4n) is 4.41. The van der Waals surface area contributed by atoms with Crippen LogP contribution >= 0.6 is 0 Å². The maximum absolute atomic E-state index is 14.3. The lowest BCUT2D eigenvalue weighted by atomic mass is 10.00. The second-order valence-corrected chi connectivity index (χ2v) is 10.9. The van der Waals surface area contributed by atoms with E-state index >= 15 is 0 Å². The number of benzene rings is 2. The molecule has 2 aromatic carbocycles. The number of alkyl carbamates (subject to hydrolysis) is 1. The lowest BCUT2D eigenvalue weighted by molar-refractivity contribution is -0.143. The largest absolute Gasteiger partial charge is 0.444 e. The van der Waals surface area contributed by atoms with E-state index in [1.807, 2.05) is 60.7 Å². The van der Waals surface area contributed by atoms with Crippen molar-refractivity contribution in [1.82, 2.24) is 15.5 Å². The van der Waals surface area contributed by atoms with Gasteiger partial charge in [-0.25, -0.2) is 4.79 Å². The molecule has 3 amide bonds. The van der Waals surface area contributed by atoms with Crippen LogP contribution < -0.4 is 10.6 Å². The number of hydrogen-bond acceptors (Lipinski definition) is 4. The molecule has 1 aliphatic carbocycles. The van der Waals surface area contributed by atoms with Gasteiger partial charge in [-0.2, -0.15) is 0 Å². The fourth-order valence-corrected chi connectivity index (χ4v) is 4.41. The number of rotatable bonds is 11. The molecule has 4 unspecified atom stereocenters. The van der Waals surface area contributed by atoms with Gasteiger partial charge in [0.25, 0.3) is 0 Å². The van der Waals surface area contributed by atoms with E-state index in [2.05, 4.69) is 24.5 Å². The van der Waals surface area contributed by atoms with Crippen LogP contribution in [0, 0.1) is 5.92 Å². The number of carbonyl (C=O) groups is 3. The Labute approximate surface area is 221 Å². The van der Waals surface area contributed by atoms with Gasteiger partial charge in [0.05, 0.1) is 0 Å². The van der Waals surface area contributed by atoms with E-state index < -0.39 is 23.8 Å². The molecule has 1 saturated carbocycles. The van der Waals surface area contributed by atoms with Crippen molar-refractivity contribution in [3.8, 4) is 0 Å². The second-order valence-electron chi connectivity index (χ2n) is 10.9. The van der Waals surface area contributed by atoms with E-state index in [0.29, 0.717) is 6.54 Å². The van der Waals surface area contributed by atoms with Crippen LogP contribution in [0.5, 0.6) is 0 Å². The molecule has 200 valence electrons. The molecule has 1 fully saturated rings. The van der Waals surface area contributed by atoms with E-state index in [1.165, 1.54) is 0 Å². The third kappa shape index (κ3) is 8.34. The minimum atomic E-state index is -0.889. The van der Waals surface area contributed by atoms with Crippen LogP contribution in [0.25, 0.3) is 0 Å². The average Bonchev–Trinajstić information content (AvgIpc) is 3.57. The molecule has 0 bridgehead atoms. The molecule has 0 spiro atoms. The van der Waals surface area contributed by atoms with E-state index in [1.54, 1.807) is 25.7 Å². The number of ether oxygens (including phenoxy) is 1. The quantitative estimate of drug-likeness (QED) is 0.418. The molecule has 1 aliphatic rings. The summed E-state index contributed by atoms with van der Waals surface area (Å²) in [6.45, 7) is 10.0. The molecule has 7 nitrogen and oxygen atoms in total. The number of unbranched alkanes of at least 4 members (excludes halogenated alkanes) is 1. The summed E-state index contributed by atoms with van der Waals surface area (Å²) in [6, 6.07) is 17.2. The first-order chi connectivity index (χ1) is 17.6. The SMILES string of the molecule is CCCCNC(=O)C(c1ccccc1)N(C(=O)C(Cc1ccccc1)NC(=O)OC(C)(C)C)C1CC1C. The summed E-state index contributed by atoms with van der Waals surface area (Å²) < 4.78 is 5.49. The molecule has 4 atom stereocenters. The van der Waals surface area contributed by atoms with Crippen LogP contribution in [0.1, 0.15) is 71.0 Å². The topological polar surface area (TPSA) is 87.7 Å². The highest BCUT2D eigenvalue weighted by Crippen LogP contribution is 2.40. The summed E-state index contributed by atoms with van der Waals surface area (Å²) in [4.78, 5) is 42.4. The standard InChI is InChI=1S/C30H41N3O4/c1-6-7-18-31-27(34)26(23-16-12-9-13-17-23)33(25-19-21(25)2)28(35)24(20-22-14-10-8-11-15-22)32-29(36)37-30(3,4)5/h8-17,21,24-26H,6-7,18-20H2,1-5H3,(H,31,34)(H,32,36). The van der Waals surface area contributed by atoms with E-state index in [0.717, 1.165) is 30.4 Å². The Hall–Kier alpha value is -3.35. The van der Waals surface area contributed by atoms with Crippen molar-refractivity contribution in [3.05, 3.63) is 71.8 Å². The maximum atomic E-state index is 14.3. The first kappa shape index (κ1) is 28.2. The van der Waals surface area contributed by atoms with Crippen LogP contribution in [0.4, 0.5) is 4.79 Å². The Morgan fingerprint density at radius 1 is 1.03 bits per heavy atom. The van der Waals surface area contributed by atoms with Gasteiger partial charge in [-0.15, -0.1) is 0 Å². The van der Waals surface area contributed by atoms with Crippen molar-refractivity contribution in [2.75, 3.05) is 6.54 Å². The molecule has 37 heavy (non-hydrogen) atoms. The predicted molar refractivity (Wildman–Crippen MR) is 145 cm³/mol. The van der Waals surface area contributed by atoms with Gasteiger partial charge < -0.3 is 20.3 Å². The van der Waals surface area contributed by atoms with Crippen molar-refractivity contribution in [3.63, 3.8) is 0 Å². The number of carbonyl (C=O) groups excluding carboxylic acids is 3. The van der Waals surface area contributed by atoms with Crippen LogP contribution in [-0.4, -0.2) is 47.0 Å². The van der Waals surface area contributed by atoms with Gasteiger partial charge in [-0.1, -0.05) is 80.9 Å². The lowest BCUT2D eigenvalue weighted by Crippen LogP contribution is -2.54. The minimum absolute atomic E-state index is 0.0895. The molecule has 0 radical (unpaired) electrons. The van der Waals surface area contributed by atoms with Crippen molar-refractivity contribution in [2.45, 2.75) is 84.0 Å². The molecule has 2 N–H and O–H groups in total. The Bertz CT molecular complexity index is 1040. The second kappa shape index (κ2) is 12.7. The van der Waals surface area contributed by atoms with E-state index in [9.17, 15) is 14.4 Å². The number of nitrogens with zero attached hydrogens (tertiary/aromatic N) is 1. The molecule has 0 aliphatic heterocycles. The summed E-state index contributed by atoms with van der Waals surface area (Å²) in [5.41, 5.74) is 0.949. The summed E-state index contributed by atoms with van der Waals surface area (Å²) in [5.74, 6) is -0.233.